The summed E-state index contributed by atoms with van der Waals surface area (Å²) in [6.07, 6.45) is 6.61. The molecule has 2 aliphatic heterocycles. The molecule has 1 fully saturated rings. The van der Waals surface area contributed by atoms with Crippen LogP contribution < -0.4 is 11.1 Å². The Morgan fingerprint density at radius 2 is 1.67 bits per heavy atom. The molecule has 0 spiro atoms. The number of aromatic amines is 1. The molecule has 0 bridgehead atoms. The summed E-state index contributed by atoms with van der Waals surface area (Å²) in [4.78, 5) is 31.7. The molecule has 4 aromatic rings. The van der Waals surface area contributed by atoms with Crippen molar-refractivity contribution in [2.24, 2.45) is 0 Å². The molecule has 1 saturated heterocycles. The molecule has 4 heterocycles. The van der Waals surface area contributed by atoms with E-state index in [4.69, 9.17) is 5.73 Å². The van der Waals surface area contributed by atoms with Gasteiger partial charge < -0.3 is 25.3 Å². The number of nitrogens with zero attached hydrogens (tertiary/aromatic N) is 2. The van der Waals surface area contributed by atoms with Crippen LogP contribution in [0.4, 0.5) is 5.69 Å². The molecule has 0 aliphatic carbocycles. The molecule has 5 N–H and O–H groups in total. The minimum Gasteiger partial charge on any atom is -0.398 e. The quantitative estimate of drug-likeness (QED) is 0.248. The first-order valence-electron chi connectivity index (χ1n) is 12.5. The number of fused-ring (bicyclic) bond motifs is 2. The Kier molecular flexibility index (Phi) is 5.62. The van der Waals surface area contributed by atoms with Crippen LogP contribution in [-0.2, 0) is 16.1 Å². The average molecular weight is 484 g/mol. The van der Waals surface area contributed by atoms with Crippen LogP contribution in [0.3, 0.4) is 0 Å². The molecule has 8 heteroatoms. The van der Waals surface area contributed by atoms with Crippen LogP contribution >= 0.6 is 0 Å². The molecular formula is C28H29N5O3. The summed E-state index contributed by atoms with van der Waals surface area (Å²) in [6.45, 7) is 2.97. The monoisotopic (exact) mass is 483 g/mol. The second-order valence-corrected chi connectivity index (χ2v) is 9.73. The van der Waals surface area contributed by atoms with E-state index in [2.05, 4.69) is 15.2 Å². The molecule has 6 rings (SSSR count). The first-order chi connectivity index (χ1) is 17.5. The average Bonchev–Trinajstić information content (AvgIpc) is 3.53. The molecule has 0 saturated carbocycles. The lowest BCUT2D eigenvalue weighted by molar-refractivity contribution is -0.122. The van der Waals surface area contributed by atoms with E-state index in [1.165, 1.54) is 6.42 Å². The first kappa shape index (κ1) is 22.6. The topological polar surface area (TPSA) is 116 Å². The number of rotatable bonds is 6. The first-order valence-corrected chi connectivity index (χ1v) is 12.5. The Balaban J connectivity index is 1.47. The van der Waals surface area contributed by atoms with Gasteiger partial charge in [-0.1, -0.05) is 30.7 Å². The third-order valence-corrected chi connectivity index (χ3v) is 7.32. The van der Waals surface area contributed by atoms with Gasteiger partial charge in [-0.3, -0.25) is 14.9 Å². The number of hydrogen-bond donors (Lipinski definition) is 4. The van der Waals surface area contributed by atoms with E-state index in [9.17, 15) is 14.7 Å². The highest BCUT2D eigenvalue weighted by Gasteiger charge is 2.35. The third kappa shape index (κ3) is 3.79. The summed E-state index contributed by atoms with van der Waals surface area (Å²) in [6, 6.07) is 13.3. The zero-order valence-electron chi connectivity index (χ0n) is 20.0. The Hall–Kier alpha value is -3.88. The van der Waals surface area contributed by atoms with Crippen LogP contribution in [-0.4, -0.2) is 57.1 Å². The van der Waals surface area contributed by atoms with Gasteiger partial charge in [0.1, 0.15) is 0 Å². The number of nitrogens with two attached hydrogens (primary N) is 1. The molecule has 2 amide bonds. The molecule has 1 atom stereocenters. The highest BCUT2D eigenvalue weighted by molar-refractivity contribution is 6.51. The van der Waals surface area contributed by atoms with Gasteiger partial charge in [-0.25, -0.2) is 0 Å². The van der Waals surface area contributed by atoms with E-state index in [0.717, 1.165) is 42.4 Å². The highest BCUT2D eigenvalue weighted by atomic mass is 16.3. The maximum Gasteiger partial charge on any atom is 0.259 e. The fraction of sp³-hybridized carbons (Fsp3) is 0.286. The van der Waals surface area contributed by atoms with Crippen LogP contribution in [0.2, 0.25) is 0 Å². The number of imide groups is 1. The zero-order valence-corrected chi connectivity index (χ0v) is 20.0. The van der Waals surface area contributed by atoms with Crippen molar-refractivity contribution in [3.63, 3.8) is 0 Å². The van der Waals surface area contributed by atoms with E-state index < -0.39 is 17.9 Å². The molecule has 1 unspecified atom stereocenters. The Bertz CT molecular complexity index is 1520. The van der Waals surface area contributed by atoms with Gasteiger partial charge in [0.05, 0.1) is 22.8 Å². The number of carbonyl (C=O) groups is 2. The van der Waals surface area contributed by atoms with Gasteiger partial charge >= 0.3 is 0 Å². The molecule has 2 aliphatic rings. The third-order valence-electron chi connectivity index (χ3n) is 7.32. The number of nitrogen functional groups attached to an aromatic ring is 1. The lowest BCUT2D eigenvalue weighted by atomic mass is 9.95. The fourth-order valence-corrected chi connectivity index (χ4v) is 5.69. The molecule has 2 aromatic heterocycles. The number of hydrogen-bond acceptors (Lipinski definition) is 5. The maximum absolute atomic E-state index is 13.2. The van der Waals surface area contributed by atoms with E-state index in [1.54, 1.807) is 12.3 Å². The highest BCUT2D eigenvalue weighted by Crippen LogP contribution is 2.40. The van der Waals surface area contributed by atoms with Crippen molar-refractivity contribution in [1.29, 1.82) is 0 Å². The van der Waals surface area contributed by atoms with E-state index in [1.807, 2.05) is 47.2 Å². The minimum absolute atomic E-state index is 0.303. The number of amides is 2. The van der Waals surface area contributed by atoms with Crippen LogP contribution in [0, 0.1) is 0 Å². The van der Waals surface area contributed by atoms with Crippen molar-refractivity contribution in [1.82, 2.24) is 19.8 Å². The van der Waals surface area contributed by atoms with Gasteiger partial charge in [0, 0.05) is 58.6 Å². The normalized spacial score (nSPS) is 17.9. The van der Waals surface area contributed by atoms with Crippen LogP contribution in [0.1, 0.15) is 30.4 Å². The smallest absolute Gasteiger partial charge is 0.259 e. The number of aliphatic hydroxyl groups is 1. The predicted molar refractivity (Wildman–Crippen MR) is 141 cm³/mol. The number of aliphatic hydroxyl groups excluding tert-OH is 1. The second-order valence-electron chi connectivity index (χ2n) is 9.73. The molecule has 0 radical (unpaired) electrons. The molecule has 8 nitrogen and oxygen atoms in total. The van der Waals surface area contributed by atoms with Crippen molar-refractivity contribution in [3.8, 4) is 0 Å². The fourth-order valence-electron chi connectivity index (χ4n) is 5.69. The Labute approximate surface area is 208 Å². The van der Waals surface area contributed by atoms with Crippen molar-refractivity contribution in [2.45, 2.75) is 31.9 Å². The number of piperidine rings is 1. The van der Waals surface area contributed by atoms with Gasteiger partial charge in [0.25, 0.3) is 11.8 Å². The van der Waals surface area contributed by atoms with Crippen molar-refractivity contribution in [3.05, 3.63) is 66.0 Å². The van der Waals surface area contributed by atoms with Gasteiger partial charge in [-0.15, -0.1) is 0 Å². The van der Waals surface area contributed by atoms with Crippen LogP contribution in [0.15, 0.2) is 54.9 Å². The minimum atomic E-state index is -0.575. The summed E-state index contributed by atoms with van der Waals surface area (Å²) in [7, 11) is 0. The largest absolute Gasteiger partial charge is 0.398 e. The molecule has 2 aromatic carbocycles. The zero-order chi connectivity index (χ0) is 24.8. The Morgan fingerprint density at radius 1 is 0.917 bits per heavy atom. The van der Waals surface area contributed by atoms with Gasteiger partial charge in [-0.2, -0.15) is 0 Å². The molecule has 36 heavy (non-hydrogen) atoms. The second kappa shape index (κ2) is 8.96. The van der Waals surface area contributed by atoms with Crippen molar-refractivity contribution in [2.75, 3.05) is 25.4 Å². The van der Waals surface area contributed by atoms with E-state index in [0.29, 0.717) is 46.4 Å². The SMILES string of the molecule is Nc1cccc2c1c(C1=C(c3c[nH]c4ccccc34)C(=O)NC1=O)cn2CC(O)CN1CCCCC1. The summed E-state index contributed by atoms with van der Waals surface area (Å²) >= 11 is 0. The van der Waals surface area contributed by atoms with Gasteiger partial charge in [-0.05, 0) is 44.1 Å². The van der Waals surface area contributed by atoms with Crippen LogP contribution in [0.5, 0.6) is 0 Å². The number of para-hydroxylation sites is 1. The maximum atomic E-state index is 13.2. The predicted octanol–water partition coefficient (Wildman–Crippen LogP) is 3.12. The number of H-pyrrole nitrogens is 1. The van der Waals surface area contributed by atoms with Gasteiger partial charge in [0.2, 0.25) is 0 Å². The van der Waals surface area contributed by atoms with E-state index in [-0.39, 0.29) is 0 Å². The number of aromatic nitrogens is 2. The Morgan fingerprint density at radius 3 is 2.47 bits per heavy atom. The van der Waals surface area contributed by atoms with Crippen molar-refractivity contribution >= 4 is 50.5 Å². The van der Waals surface area contributed by atoms with Crippen LogP contribution in [0.25, 0.3) is 33.0 Å². The van der Waals surface area contributed by atoms with E-state index >= 15 is 0 Å². The van der Waals surface area contributed by atoms with Gasteiger partial charge in [0.15, 0.2) is 0 Å². The number of benzene rings is 2. The summed E-state index contributed by atoms with van der Waals surface area (Å²) in [5.41, 5.74) is 10.5. The lowest BCUT2D eigenvalue weighted by Gasteiger charge is -2.28. The summed E-state index contributed by atoms with van der Waals surface area (Å²) in [5, 5.41) is 15.0. The lowest BCUT2D eigenvalue weighted by Crippen LogP contribution is -2.37. The van der Waals surface area contributed by atoms with Crippen molar-refractivity contribution < 1.29 is 14.7 Å². The number of anilines is 1. The number of carbonyl (C=O) groups excluding carboxylic acids is 2. The number of likely N-dealkylation sites (tertiary alicyclic amines) is 1. The molecule has 184 valence electrons. The number of β-amino-alcohol motifs (C(OH)–C–C–N with tert-alkyl or cyclic N) is 1. The summed E-state index contributed by atoms with van der Waals surface area (Å²) in [5.74, 6) is -0.878. The molecular weight excluding hydrogens is 454 g/mol. The number of nitrogens with one attached hydrogen (secondary N) is 2. The summed E-state index contributed by atoms with van der Waals surface area (Å²) < 4.78 is 1.95. The standard InChI is InChI=1S/C28H29N5O3/c29-21-8-6-10-23-24(21)20(16-33(23)15-17(34)14-32-11-4-1-5-12-32)26-25(27(35)31-28(26)36)19-13-30-22-9-3-2-7-18(19)22/h2-3,6-10,13,16-17,30,34H,1,4-5,11-12,14-15,29H2,(H,31,35,36).